The lowest BCUT2D eigenvalue weighted by atomic mass is 10.0. The van der Waals surface area contributed by atoms with Gasteiger partial charge in [-0.05, 0) is 60.5 Å². The zero-order valence-corrected chi connectivity index (χ0v) is 12.6. The first kappa shape index (κ1) is 13.6. The Morgan fingerprint density at radius 2 is 2.20 bits per heavy atom. The molecule has 0 spiro atoms. The molecule has 0 aliphatic carbocycles. The molecule has 1 aliphatic heterocycles. The van der Waals surface area contributed by atoms with Gasteiger partial charge in [-0.15, -0.1) is 11.3 Å². The monoisotopic (exact) mass is 290 g/mol. The van der Waals surface area contributed by atoms with Gasteiger partial charge in [0.15, 0.2) is 0 Å². The number of thiophene rings is 1. The van der Waals surface area contributed by atoms with E-state index in [2.05, 4.69) is 16.3 Å². The molecular weight excluding hydrogens is 271 g/mol. The Morgan fingerprint density at radius 3 is 2.95 bits per heavy atom. The van der Waals surface area contributed by atoms with E-state index >= 15 is 0 Å². The maximum atomic E-state index is 13.8. The summed E-state index contributed by atoms with van der Waals surface area (Å²) in [6.07, 6.45) is 1.06. The number of fused-ring (bicyclic) bond motifs is 1. The van der Waals surface area contributed by atoms with Crippen molar-refractivity contribution in [3.63, 3.8) is 0 Å². The van der Waals surface area contributed by atoms with Crippen LogP contribution in [0.2, 0.25) is 0 Å². The molecule has 2 nitrogen and oxygen atoms in total. The average molecular weight is 290 g/mol. The molecule has 0 amide bonds. The molecule has 20 heavy (non-hydrogen) atoms. The molecule has 2 aromatic rings. The van der Waals surface area contributed by atoms with Crippen LogP contribution in [0.25, 0.3) is 0 Å². The Bertz CT molecular complexity index is 633. The van der Waals surface area contributed by atoms with Gasteiger partial charge in [0.05, 0.1) is 0 Å². The third-order valence-corrected chi connectivity index (χ3v) is 4.97. The van der Waals surface area contributed by atoms with Crippen molar-refractivity contribution in [1.29, 1.82) is 0 Å². The van der Waals surface area contributed by atoms with E-state index in [0.29, 0.717) is 5.56 Å². The number of rotatable bonds is 2. The van der Waals surface area contributed by atoms with E-state index in [1.165, 1.54) is 10.4 Å². The molecule has 106 valence electrons. The lowest BCUT2D eigenvalue weighted by Gasteiger charge is -2.32. The summed E-state index contributed by atoms with van der Waals surface area (Å²) in [4.78, 5) is 3.79. The molecule has 3 rings (SSSR count). The first-order valence-electron chi connectivity index (χ1n) is 6.92. The van der Waals surface area contributed by atoms with Gasteiger partial charge in [-0.3, -0.25) is 0 Å². The number of hydrogen-bond donors (Lipinski definition) is 1. The fourth-order valence-electron chi connectivity index (χ4n) is 2.77. The van der Waals surface area contributed by atoms with Crippen LogP contribution in [0, 0.1) is 12.7 Å². The summed E-state index contributed by atoms with van der Waals surface area (Å²) in [5.74, 6) is -0.172. The highest BCUT2D eigenvalue weighted by Crippen LogP contribution is 2.33. The summed E-state index contributed by atoms with van der Waals surface area (Å²) in [6, 6.07) is 5.56. The SMILES string of the molecule is Cc1cc(N2CCc3sccc3C2)c(C(C)N)cc1F. The van der Waals surface area contributed by atoms with Crippen LogP contribution < -0.4 is 10.6 Å². The van der Waals surface area contributed by atoms with Gasteiger partial charge < -0.3 is 10.6 Å². The fourth-order valence-corrected chi connectivity index (χ4v) is 3.66. The normalized spacial score (nSPS) is 16.1. The van der Waals surface area contributed by atoms with E-state index in [4.69, 9.17) is 5.73 Å². The minimum absolute atomic E-state index is 0.163. The summed E-state index contributed by atoms with van der Waals surface area (Å²) >= 11 is 1.83. The predicted octanol–water partition coefficient (Wildman–Crippen LogP) is 3.78. The number of halogens is 1. The van der Waals surface area contributed by atoms with Crippen LogP contribution >= 0.6 is 11.3 Å². The zero-order valence-electron chi connectivity index (χ0n) is 11.8. The van der Waals surface area contributed by atoms with Gasteiger partial charge in [-0.1, -0.05) is 0 Å². The molecule has 2 heterocycles. The van der Waals surface area contributed by atoms with Gasteiger partial charge in [0.1, 0.15) is 5.82 Å². The van der Waals surface area contributed by atoms with Crippen molar-refractivity contribution in [2.24, 2.45) is 5.73 Å². The van der Waals surface area contributed by atoms with E-state index in [-0.39, 0.29) is 11.9 Å². The number of nitrogens with zero attached hydrogens (tertiary/aromatic N) is 1. The Kier molecular flexibility index (Phi) is 3.52. The highest BCUT2D eigenvalue weighted by molar-refractivity contribution is 7.10. The second-order valence-corrected chi connectivity index (χ2v) is 6.49. The van der Waals surface area contributed by atoms with Crippen molar-refractivity contribution < 1.29 is 4.39 Å². The zero-order chi connectivity index (χ0) is 14.3. The molecule has 1 atom stereocenters. The van der Waals surface area contributed by atoms with Crippen LogP contribution in [0.5, 0.6) is 0 Å². The van der Waals surface area contributed by atoms with E-state index in [0.717, 1.165) is 30.8 Å². The van der Waals surface area contributed by atoms with Crippen molar-refractivity contribution in [1.82, 2.24) is 0 Å². The lowest BCUT2D eigenvalue weighted by molar-refractivity contribution is 0.611. The highest BCUT2D eigenvalue weighted by atomic mass is 32.1. The van der Waals surface area contributed by atoms with Crippen LogP contribution in [0.15, 0.2) is 23.6 Å². The predicted molar refractivity (Wildman–Crippen MR) is 82.8 cm³/mol. The topological polar surface area (TPSA) is 29.3 Å². The van der Waals surface area contributed by atoms with Crippen LogP contribution in [-0.4, -0.2) is 6.54 Å². The minimum atomic E-state index is -0.172. The van der Waals surface area contributed by atoms with Crippen LogP contribution in [0.3, 0.4) is 0 Å². The van der Waals surface area contributed by atoms with Crippen molar-refractivity contribution in [3.05, 3.63) is 51.0 Å². The fraction of sp³-hybridized carbons (Fsp3) is 0.375. The number of benzene rings is 1. The van der Waals surface area contributed by atoms with Crippen molar-refractivity contribution >= 4 is 17.0 Å². The van der Waals surface area contributed by atoms with Gasteiger partial charge in [-0.2, -0.15) is 0 Å². The molecule has 1 aromatic heterocycles. The molecule has 4 heteroatoms. The minimum Gasteiger partial charge on any atom is -0.367 e. The summed E-state index contributed by atoms with van der Waals surface area (Å²) < 4.78 is 13.8. The van der Waals surface area contributed by atoms with E-state index in [1.807, 2.05) is 31.3 Å². The Hall–Kier alpha value is -1.39. The summed E-state index contributed by atoms with van der Waals surface area (Å²) in [7, 11) is 0. The Morgan fingerprint density at radius 1 is 1.40 bits per heavy atom. The molecule has 0 fully saturated rings. The van der Waals surface area contributed by atoms with Crippen molar-refractivity contribution in [2.45, 2.75) is 32.9 Å². The van der Waals surface area contributed by atoms with Crippen LogP contribution in [0.1, 0.15) is 34.5 Å². The first-order chi connectivity index (χ1) is 9.56. The van der Waals surface area contributed by atoms with E-state index in [9.17, 15) is 4.39 Å². The van der Waals surface area contributed by atoms with Gasteiger partial charge in [0, 0.05) is 29.7 Å². The first-order valence-corrected chi connectivity index (χ1v) is 7.80. The van der Waals surface area contributed by atoms with Gasteiger partial charge in [0.2, 0.25) is 0 Å². The summed E-state index contributed by atoms with van der Waals surface area (Å²) in [5.41, 5.74) is 10.1. The molecule has 2 N–H and O–H groups in total. The van der Waals surface area contributed by atoms with Gasteiger partial charge in [-0.25, -0.2) is 4.39 Å². The van der Waals surface area contributed by atoms with Crippen LogP contribution in [-0.2, 0) is 13.0 Å². The molecule has 0 bridgehead atoms. The number of aryl methyl sites for hydroxylation is 1. The Balaban J connectivity index is 2.00. The highest BCUT2D eigenvalue weighted by Gasteiger charge is 2.21. The summed E-state index contributed by atoms with van der Waals surface area (Å²) in [6.45, 7) is 5.58. The van der Waals surface area contributed by atoms with Crippen LogP contribution in [0.4, 0.5) is 10.1 Å². The number of nitrogens with two attached hydrogens (primary N) is 1. The number of hydrogen-bond acceptors (Lipinski definition) is 3. The van der Waals surface area contributed by atoms with Crippen molar-refractivity contribution in [3.8, 4) is 0 Å². The van der Waals surface area contributed by atoms with Gasteiger partial charge in [0.25, 0.3) is 0 Å². The standard InChI is InChI=1S/C16H19FN2S/c1-10-7-15(13(11(2)18)8-14(10)17)19-5-3-16-12(9-19)4-6-20-16/h4,6-8,11H,3,5,9,18H2,1-2H3. The molecule has 0 saturated heterocycles. The largest absolute Gasteiger partial charge is 0.367 e. The smallest absolute Gasteiger partial charge is 0.126 e. The van der Waals surface area contributed by atoms with E-state index < -0.39 is 0 Å². The molecular formula is C16H19FN2S. The molecule has 0 saturated carbocycles. The number of anilines is 1. The molecule has 1 aliphatic rings. The average Bonchev–Trinajstić information content (AvgIpc) is 2.88. The van der Waals surface area contributed by atoms with Gasteiger partial charge >= 0.3 is 0 Å². The quantitative estimate of drug-likeness (QED) is 0.912. The van der Waals surface area contributed by atoms with Crippen molar-refractivity contribution in [2.75, 3.05) is 11.4 Å². The lowest BCUT2D eigenvalue weighted by Crippen LogP contribution is -2.31. The second-order valence-electron chi connectivity index (χ2n) is 5.49. The summed E-state index contributed by atoms with van der Waals surface area (Å²) in [5, 5.41) is 2.15. The molecule has 1 aromatic carbocycles. The maximum absolute atomic E-state index is 13.8. The third kappa shape index (κ3) is 2.34. The molecule has 1 unspecified atom stereocenters. The maximum Gasteiger partial charge on any atom is 0.126 e. The Labute approximate surface area is 123 Å². The molecule has 0 radical (unpaired) electrons. The second kappa shape index (κ2) is 5.19. The third-order valence-electron chi connectivity index (χ3n) is 3.95. The van der Waals surface area contributed by atoms with E-state index in [1.54, 1.807) is 6.07 Å².